The molecule has 0 saturated carbocycles. The maximum atomic E-state index is 12.3. The molecule has 2 aromatic rings. The Labute approximate surface area is 146 Å². The van der Waals surface area contributed by atoms with Crippen molar-refractivity contribution in [2.24, 2.45) is 0 Å². The molecular formula is C17H23N5O3. The van der Waals surface area contributed by atoms with Crippen molar-refractivity contribution in [3.05, 3.63) is 35.5 Å². The van der Waals surface area contributed by atoms with Gasteiger partial charge in [0.2, 0.25) is 5.91 Å². The van der Waals surface area contributed by atoms with Crippen LogP contribution in [0, 0.1) is 13.8 Å². The number of carbonyl (C=O) groups is 2. The lowest BCUT2D eigenvalue weighted by atomic mass is 10.0. The van der Waals surface area contributed by atoms with Gasteiger partial charge in [-0.2, -0.15) is 0 Å². The van der Waals surface area contributed by atoms with Crippen LogP contribution < -0.4 is 5.32 Å². The van der Waals surface area contributed by atoms with Gasteiger partial charge < -0.3 is 14.6 Å². The van der Waals surface area contributed by atoms with Crippen molar-refractivity contribution in [3.63, 3.8) is 0 Å². The fourth-order valence-electron chi connectivity index (χ4n) is 3.11. The number of hydrogen-bond donors (Lipinski definition) is 1. The number of likely N-dealkylation sites (tertiary alicyclic amines) is 1. The summed E-state index contributed by atoms with van der Waals surface area (Å²) < 4.78 is 7.06. The van der Waals surface area contributed by atoms with Crippen molar-refractivity contribution in [1.82, 2.24) is 25.2 Å². The van der Waals surface area contributed by atoms with E-state index in [0.29, 0.717) is 37.4 Å². The van der Waals surface area contributed by atoms with Gasteiger partial charge in [-0.3, -0.25) is 14.3 Å². The van der Waals surface area contributed by atoms with Crippen LogP contribution in [0.2, 0.25) is 0 Å². The molecule has 8 nitrogen and oxygen atoms in total. The molecule has 1 saturated heterocycles. The minimum absolute atomic E-state index is 0.0847. The normalized spacial score (nSPS) is 15.4. The van der Waals surface area contributed by atoms with Gasteiger partial charge in [-0.25, -0.2) is 0 Å². The van der Waals surface area contributed by atoms with E-state index >= 15 is 0 Å². The SMILES string of the molecule is Cc1cc(C(=O)NC2CCN(C(=O)CCn3ccnn3)CC2)c(C)o1. The molecule has 3 heterocycles. The Kier molecular flexibility index (Phi) is 5.16. The minimum Gasteiger partial charge on any atom is -0.466 e. The van der Waals surface area contributed by atoms with Crippen LogP contribution >= 0.6 is 0 Å². The van der Waals surface area contributed by atoms with Gasteiger partial charge in [0.25, 0.3) is 5.91 Å². The van der Waals surface area contributed by atoms with Crippen LogP contribution in [-0.2, 0) is 11.3 Å². The highest BCUT2D eigenvalue weighted by molar-refractivity contribution is 5.95. The molecule has 1 fully saturated rings. The quantitative estimate of drug-likeness (QED) is 0.881. The molecule has 0 unspecified atom stereocenters. The Morgan fingerprint density at radius 1 is 1.32 bits per heavy atom. The van der Waals surface area contributed by atoms with Gasteiger partial charge in [-0.1, -0.05) is 5.21 Å². The number of hydrogen-bond acceptors (Lipinski definition) is 5. The molecular weight excluding hydrogens is 322 g/mol. The van der Waals surface area contributed by atoms with Crippen molar-refractivity contribution in [3.8, 4) is 0 Å². The van der Waals surface area contributed by atoms with Gasteiger partial charge in [0.05, 0.1) is 18.3 Å². The van der Waals surface area contributed by atoms with Crippen LogP contribution in [0.4, 0.5) is 0 Å². The highest BCUT2D eigenvalue weighted by Crippen LogP contribution is 2.16. The third kappa shape index (κ3) is 4.26. The summed E-state index contributed by atoms with van der Waals surface area (Å²) in [5.41, 5.74) is 0.587. The Morgan fingerprint density at radius 2 is 2.08 bits per heavy atom. The van der Waals surface area contributed by atoms with Crippen molar-refractivity contribution in [2.45, 2.75) is 45.7 Å². The zero-order valence-electron chi connectivity index (χ0n) is 14.6. The number of nitrogens with zero attached hydrogens (tertiary/aromatic N) is 4. The van der Waals surface area contributed by atoms with E-state index in [1.54, 1.807) is 30.1 Å². The van der Waals surface area contributed by atoms with Crippen LogP contribution in [-0.4, -0.2) is 50.8 Å². The number of carbonyl (C=O) groups excluding carboxylic acids is 2. The summed E-state index contributed by atoms with van der Waals surface area (Å²) in [6, 6.07) is 1.84. The van der Waals surface area contributed by atoms with Crippen LogP contribution in [0.25, 0.3) is 0 Å². The molecule has 0 aromatic carbocycles. The molecule has 134 valence electrons. The lowest BCUT2D eigenvalue weighted by Gasteiger charge is -2.32. The van der Waals surface area contributed by atoms with E-state index in [-0.39, 0.29) is 17.9 Å². The smallest absolute Gasteiger partial charge is 0.255 e. The first kappa shape index (κ1) is 17.2. The second-order valence-corrected chi connectivity index (χ2v) is 6.37. The monoisotopic (exact) mass is 345 g/mol. The predicted octanol–water partition coefficient (Wildman–Crippen LogP) is 1.30. The van der Waals surface area contributed by atoms with Gasteiger partial charge in [-0.15, -0.1) is 5.10 Å². The molecule has 1 aliphatic rings. The maximum Gasteiger partial charge on any atom is 0.255 e. The van der Waals surface area contributed by atoms with Gasteiger partial charge in [0.1, 0.15) is 11.5 Å². The summed E-state index contributed by atoms with van der Waals surface area (Å²) in [6.45, 7) is 5.47. The van der Waals surface area contributed by atoms with Crippen molar-refractivity contribution in [2.75, 3.05) is 13.1 Å². The summed E-state index contributed by atoms with van der Waals surface area (Å²) in [4.78, 5) is 26.4. The highest BCUT2D eigenvalue weighted by Gasteiger charge is 2.25. The average Bonchev–Trinajstić information content (AvgIpc) is 3.22. The van der Waals surface area contributed by atoms with Crippen molar-refractivity contribution >= 4 is 11.8 Å². The summed E-state index contributed by atoms with van der Waals surface area (Å²) in [5.74, 6) is 1.37. The number of furan rings is 1. The molecule has 25 heavy (non-hydrogen) atoms. The zero-order chi connectivity index (χ0) is 17.8. The number of piperidine rings is 1. The first-order chi connectivity index (χ1) is 12.0. The number of amides is 2. The van der Waals surface area contributed by atoms with Crippen LogP contribution in [0.3, 0.4) is 0 Å². The van der Waals surface area contributed by atoms with E-state index in [1.165, 1.54) is 0 Å². The lowest BCUT2D eigenvalue weighted by molar-refractivity contribution is -0.132. The van der Waals surface area contributed by atoms with Gasteiger partial charge in [-0.05, 0) is 32.8 Å². The molecule has 8 heteroatoms. The Balaban J connectivity index is 1.44. The summed E-state index contributed by atoms with van der Waals surface area (Å²) in [6.07, 6.45) is 5.28. The molecule has 0 atom stereocenters. The minimum atomic E-state index is -0.106. The second kappa shape index (κ2) is 7.50. The number of rotatable bonds is 5. The summed E-state index contributed by atoms with van der Waals surface area (Å²) in [5, 5.41) is 10.6. The highest BCUT2D eigenvalue weighted by atomic mass is 16.3. The Morgan fingerprint density at radius 3 is 2.68 bits per heavy atom. The summed E-state index contributed by atoms with van der Waals surface area (Å²) >= 11 is 0. The molecule has 0 aliphatic carbocycles. The number of aryl methyl sites for hydroxylation is 3. The molecule has 0 spiro atoms. The number of aromatic nitrogens is 3. The van der Waals surface area contributed by atoms with Gasteiger partial charge in [0, 0.05) is 31.7 Å². The molecule has 1 N–H and O–H groups in total. The topological polar surface area (TPSA) is 93.3 Å². The third-order valence-corrected chi connectivity index (χ3v) is 4.50. The Hall–Kier alpha value is -2.64. The van der Waals surface area contributed by atoms with Crippen molar-refractivity contribution < 1.29 is 14.0 Å². The molecule has 3 rings (SSSR count). The largest absolute Gasteiger partial charge is 0.466 e. The van der Waals surface area contributed by atoms with E-state index in [4.69, 9.17) is 4.42 Å². The zero-order valence-corrected chi connectivity index (χ0v) is 14.6. The second-order valence-electron chi connectivity index (χ2n) is 6.37. The van der Waals surface area contributed by atoms with E-state index in [1.807, 2.05) is 11.8 Å². The molecule has 1 aliphatic heterocycles. The lowest BCUT2D eigenvalue weighted by Crippen LogP contribution is -2.46. The maximum absolute atomic E-state index is 12.3. The fraction of sp³-hybridized carbons (Fsp3) is 0.529. The van der Waals surface area contributed by atoms with Gasteiger partial charge >= 0.3 is 0 Å². The fourth-order valence-corrected chi connectivity index (χ4v) is 3.11. The van der Waals surface area contributed by atoms with Gasteiger partial charge in [0.15, 0.2) is 0 Å². The van der Waals surface area contributed by atoms with E-state index in [0.717, 1.165) is 18.6 Å². The van der Waals surface area contributed by atoms with E-state index < -0.39 is 0 Å². The number of nitrogens with one attached hydrogen (secondary N) is 1. The predicted molar refractivity (Wildman–Crippen MR) is 89.9 cm³/mol. The molecule has 0 radical (unpaired) electrons. The van der Waals surface area contributed by atoms with Crippen LogP contribution in [0.5, 0.6) is 0 Å². The summed E-state index contributed by atoms with van der Waals surface area (Å²) in [7, 11) is 0. The van der Waals surface area contributed by atoms with E-state index in [2.05, 4.69) is 15.6 Å². The van der Waals surface area contributed by atoms with Crippen LogP contribution in [0.1, 0.15) is 41.1 Å². The third-order valence-electron chi connectivity index (χ3n) is 4.50. The molecule has 2 aromatic heterocycles. The molecule has 0 bridgehead atoms. The van der Waals surface area contributed by atoms with Crippen LogP contribution in [0.15, 0.2) is 22.9 Å². The molecule has 2 amide bonds. The average molecular weight is 345 g/mol. The standard InChI is InChI=1S/C17H23N5O3/c1-12-11-15(13(2)25-12)17(24)19-14-3-7-21(8-4-14)16(23)5-9-22-10-6-18-20-22/h6,10-11,14H,3-5,7-9H2,1-2H3,(H,19,24). The first-order valence-corrected chi connectivity index (χ1v) is 8.52. The van der Waals surface area contributed by atoms with E-state index in [9.17, 15) is 9.59 Å². The first-order valence-electron chi connectivity index (χ1n) is 8.52. The van der Waals surface area contributed by atoms with Crippen molar-refractivity contribution in [1.29, 1.82) is 0 Å². The Bertz CT molecular complexity index is 730.